The topological polar surface area (TPSA) is 76.1 Å². The summed E-state index contributed by atoms with van der Waals surface area (Å²) in [7, 11) is 1.56. The van der Waals surface area contributed by atoms with E-state index < -0.39 is 0 Å². The number of methoxy groups -OCH3 is 1. The molecule has 2 rings (SSSR count). The van der Waals surface area contributed by atoms with E-state index in [1.165, 1.54) is 0 Å². The van der Waals surface area contributed by atoms with E-state index in [0.717, 1.165) is 24.8 Å². The van der Waals surface area contributed by atoms with Gasteiger partial charge in [-0.15, -0.1) is 0 Å². The molecule has 25 heavy (non-hydrogen) atoms. The number of unbranched alkanes of at least 4 members (excludes halogenated alkanes) is 2. The summed E-state index contributed by atoms with van der Waals surface area (Å²) in [5, 5.41) is 6.56. The van der Waals surface area contributed by atoms with Gasteiger partial charge in [0.15, 0.2) is 0 Å². The van der Waals surface area contributed by atoms with E-state index in [-0.39, 0.29) is 5.91 Å². The summed E-state index contributed by atoms with van der Waals surface area (Å²) in [5.74, 6) is 0.690. The SMILES string of the molecule is CCCCCNC(=O)c1ccnc(Nc2cc(C)c(Cl)cc2OC)n1. The van der Waals surface area contributed by atoms with Crippen molar-refractivity contribution in [3.05, 3.63) is 40.7 Å². The highest BCUT2D eigenvalue weighted by molar-refractivity contribution is 6.31. The predicted octanol–water partition coefficient (Wildman–Crippen LogP) is 4.11. The molecular formula is C18H23ClN4O2. The minimum Gasteiger partial charge on any atom is -0.495 e. The number of rotatable bonds is 8. The van der Waals surface area contributed by atoms with Gasteiger partial charge in [0.05, 0.1) is 12.8 Å². The van der Waals surface area contributed by atoms with Crippen LogP contribution in [0.15, 0.2) is 24.4 Å². The number of aryl methyl sites for hydroxylation is 1. The van der Waals surface area contributed by atoms with E-state index in [4.69, 9.17) is 16.3 Å². The Balaban J connectivity index is 2.11. The van der Waals surface area contributed by atoms with Crippen molar-refractivity contribution in [2.24, 2.45) is 0 Å². The van der Waals surface area contributed by atoms with Crippen LogP contribution in [0.1, 0.15) is 42.2 Å². The molecule has 0 saturated heterocycles. The van der Waals surface area contributed by atoms with Gasteiger partial charge in [0, 0.05) is 23.8 Å². The van der Waals surface area contributed by atoms with Crippen molar-refractivity contribution in [3.8, 4) is 5.75 Å². The fraction of sp³-hybridized carbons (Fsp3) is 0.389. The molecule has 1 amide bonds. The number of benzene rings is 1. The van der Waals surface area contributed by atoms with Gasteiger partial charge in [-0.2, -0.15) is 0 Å². The Hall–Kier alpha value is -2.34. The molecule has 0 radical (unpaired) electrons. The van der Waals surface area contributed by atoms with Gasteiger partial charge in [-0.25, -0.2) is 9.97 Å². The van der Waals surface area contributed by atoms with Crippen LogP contribution in [-0.4, -0.2) is 29.5 Å². The van der Waals surface area contributed by atoms with E-state index in [1.54, 1.807) is 25.4 Å². The molecule has 0 spiro atoms. The lowest BCUT2D eigenvalue weighted by Gasteiger charge is -2.12. The number of hydrogen-bond donors (Lipinski definition) is 2. The first kappa shape index (κ1) is 19.0. The van der Waals surface area contributed by atoms with E-state index >= 15 is 0 Å². The smallest absolute Gasteiger partial charge is 0.270 e. The molecule has 0 aliphatic heterocycles. The quantitative estimate of drug-likeness (QED) is 0.691. The zero-order valence-corrected chi connectivity index (χ0v) is 15.5. The van der Waals surface area contributed by atoms with Gasteiger partial charge in [0.25, 0.3) is 5.91 Å². The van der Waals surface area contributed by atoms with Crippen LogP contribution in [0.4, 0.5) is 11.6 Å². The van der Waals surface area contributed by atoms with Crippen LogP contribution < -0.4 is 15.4 Å². The van der Waals surface area contributed by atoms with Crippen molar-refractivity contribution in [3.63, 3.8) is 0 Å². The average molecular weight is 363 g/mol. The Morgan fingerprint density at radius 3 is 2.84 bits per heavy atom. The second kappa shape index (κ2) is 9.22. The highest BCUT2D eigenvalue weighted by atomic mass is 35.5. The number of aromatic nitrogens is 2. The summed E-state index contributed by atoms with van der Waals surface area (Å²) in [6, 6.07) is 5.16. The van der Waals surface area contributed by atoms with Crippen LogP contribution in [0, 0.1) is 6.92 Å². The summed E-state index contributed by atoms with van der Waals surface area (Å²) in [4.78, 5) is 20.6. The third-order valence-electron chi connectivity index (χ3n) is 3.68. The Bertz CT molecular complexity index is 737. The maximum absolute atomic E-state index is 12.2. The molecule has 0 fully saturated rings. The Kier molecular flexibility index (Phi) is 7.01. The standard InChI is InChI=1S/C18H23ClN4O2/c1-4-5-6-8-20-17(24)14-7-9-21-18(22-14)23-15-10-12(2)13(19)11-16(15)25-3/h7,9-11H,4-6,8H2,1-3H3,(H,20,24)(H,21,22,23). The van der Waals surface area contributed by atoms with Crippen LogP contribution in [0.5, 0.6) is 5.75 Å². The molecule has 0 unspecified atom stereocenters. The minimum atomic E-state index is -0.208. The molecule has 0 aliphatic rings. The summed E-state index contributed by atoms with van der Waals surface area (Å²) in [5.41, 5.74) is 1.90. The number of carbonyl (C=O) groups excluding carboxylic acids is 1. The summed E-state index contributed by atoms with van der Waals surface area (Å²) >= 11 is 6.11. The zero-order valence-electron chi connectivity index (χ0n) is 14.7. The zero-order chi connectivity index (χ0) is 18.2. The van der Waals surface area contributed by atoms with E-state index in [9.17, 15) is 4.79 Å². The Morgan fingerprint density at radius 1 is 1.32 bits per heavy atom. The van der Waals surface area contributed by atoms with Crippen molar-refractivity contribution in [1.82, 2.24) is 15.3 Å². The molecule has 134 valence electrons. The molecule has 7 heteroatoms. The number of anilines is 2. The molecule has 0 saturated carbocycles. The second-order valence-corrected chi connectivity index (χ2v) is 6.06. The summed E-state index contributed by atoms with van der Waals surface area (Å²) in [6.07, 6.45) is 4.71. The van der Waals surface area contributed by atoms with E-state index in [1.807, 2.05) is 13.0 Å². The Labute approximate surface area is 153 Å². The molecule has 2 N–H and O–H groups in total. The molecule has 1 aromatic carbocycles. The van der Waals surface area contributed by atoms with Gasteiger partial charge in [0.1, 0.15) is 11.4 Å². The molecule has 6 nitrogen and oxygen atoms in total. The normalized spacial score (nSPS) is 10.4. The largest absolute Gasteiger partial charge is 0.495 e. The predicted molar refractivity (Wildman–Crippen MR) is 99.9 cm³/mol. The molecule has 0 aliphatic carbocycles. The average Bonchev–Trinajstić information content (AvgIpc) is 2.61. The summed E-state index contributed by atoms with van der Waals surface area (Å²) < 4.78 is 5.33. The molecule has 1 heterocycles. The third kappa shape index (κ3) is 5.32. The number of nitrogens with zero attached hydrogens (tertiary/aromatic N) is 2. The molecule has 1 aromatic heterocycles. The molecular weight excluding hydrogens is 340 g/mol. The van der Waals surface area contributed by atoms with Gasteiger partial charge < -0.3 is 15.4 Å². The number of nitrogens with one attached hydrogen (secondary N) is 2. The van der Waals surface area contributed by atoms with Crippen molar-refractivity contribution in [2.75, 3.05) is 19.0 Å². The first-order valence-corrected chi connectivity index (χ1v) is 8.65. The Morgan fingerprint density at radius 2 is 2.12 bits per heavy atom. The molecule has 0 bridgehead atoms. The van der Waals surface area contributed by atoms with Crippen molar-refractivity contribution in [2.45, 2.75) is 33.1 Å². The van der Waals surface area contributed by atoms with Gasteiger partial charge in [-0.3, -0.25) is 4.79 Å². The minimum absolute atomic E-state index is 0.208. The third-order valence-corrected chi connectivity index (χ3v) is 4.09. The lowest BCUT2D eigenvalue weighted by Crippen LogP contribution is -2.25. The second-order valence-electron chi connectivity index (χ2n) is 5.66. The van der Waals surface area contributed by atoms with Crippen molar-refractivity contribution in [1.29, 1.82) is 0 Å². The number of amides is 1. The molecule has 0 atom stereocenters. The maximum atomic E-state index is 12.2. The molecule has 2 aromatic rings. The highest BCUT2D eigenvalue weighted by Gasteiger charge is 2.11. The van der Waals surface area contributed by atoms with Crippen molar-refractivity contribution < 1.29 is 9.53 Å². The van der Waals surface area contributed by atoms with Gasteiger partial charge in [-0.05, 0) is 31.0 Å². The first-order valence-electron chi connectivity index (χ1n) is 8.27. The number of ether oxygens (including phenoxy) is 1. The maximum Gasteiger partial charge on any atom is 0.270 e. The van der Waals surface area contributed by atoms with Crippen LogP contribution >= 0.6 is 11.6 Å². The fourth-order valence-corrected chi connectivity index (χ4v) is 2.42. The fourth-order valence-electron chi connectivity index (χ4n) is 2.26. The van der Waals surface area contributed by atoms with Crippen LogP contribution in [-0.2, 0) is 0 Å². The monoisotopic (exact) mass is 362 g/mol. The van der Waals surface area contributed by atoms with Crippen molar-refractivity contribution >= 4 is 29.1 Å². The lowest BCUT2D eigenvalue weighted by atomic mass is 10.2. The van der Waals surface area contributed by atoms with Gasteiger partial charge in [0.2, 0.25) is 5.95 Å². The first-order chi connectivity index (χ1) is 12.0. The van der Waals surface area contributed by atoms with E-state index in [0.29, 0.717) is 34.6 Å². The lowest BCUT2D eigenvalue weighted by molar-refractivity contribution is 0.0948. The van der Waals surface area contributed by atoms with Crippen LogP contribution in [0.2, 0.25) is 5.02 Å². The number of carbonyl (C=O) groups is 1. The van der Waals surface area contributed by atoms with Gasteiger partial charge >= 0.3 is 0 Å². The van der Waals surface area contributed by atoms with E-state index in [2.05, 4.69) is 27.5 Å². The number of halogens is 1. The number of hydrogen-bond acceptors (Lipinski definition) is 5. The van der Waals surface area contributed by atoms with Crippen LogP contribution in [0.25, 0.3) is 0 Å². The highest BCUT2D eigenvalue weighted by Crippen LogP contribution is 2.32. The summed E-state index contributed by atoms with van der Waals surface area (Å²) in [6.45, 7) is 4.66. The van der Waals surface area contributed by atoms with Crippen LogP contribution in [0.3, 0.4) is 0 Å². The van der Waals surface area contributed by atoms with Gasteiger partial charge in [-0.1, -0.05) is 31.4 Å².